The van der Waals surface area contributed by atoms with Gasteiger partial charge in [0.25, 0.3) is 0 Å². The molecule has 0 saturated carbocycles. The molecule has 0 aliphatic rings. The second-order valence-corrected chi connectivity index (χ2v) is 4.19. The zero-order valence-electron chi connectivity index (χ0n) is 10.4. The predicted molar refractivity (Wildman–Crippen MR) is 72.4 cm³/mol. The number of pyridine rings is 1. The molecular weight excluding hydrogens is 242 g/mol. The minimum Gasteiger partial charge on any atom is -0.368 e. The van der Waals surface area contributed by atoms with Crippen LogP contribution in [-0.2, 0) is 6.54 Å². The van der Waals surface area contributed by atoms with E-state index in [9.17, 15) is 0 Å². The number of nitrogens with two attached hydrogens (primary N) is 1. The molecule has 0 bridgehead atoms. The molecule has 3 heterocycles. The molecule has 0 aliphatic heterocycles. The molecule has 7 heteroatoms. The Hall–Kier alpha value is -2.70. The molecule has 3 aromatic rings. The first-order chi connectivity index (χ1) is 9.24. The van der Waals surface area contributed by atoms with Crippen molar-refractivity contribution < 1.29 is 0 Å². The Balaban J connectivity index is 1.90. The van der Waals surface area contributed by atoms with Gasteiger partial charge in [-0.05, 0) is 24.1 Å². The lowest BCUT2D eigenvalue weighted by Gasteiger charge is -2.08. The number of anilines is 2. The zero-order valence-corrected chi connectivity index (χ0v) is 10.4. The summed E-state index contributed by atoms with van der Waals surface area (Å²) in [6.07, 6.45) is 5.17. The number of rotatable bonds is 3. The maximum absolute atomic E-state index is 5.66. The number of aryl methyl sites for hydroxylation is 1. The third-order valence-corrected chi connectivity index (χ3v) is 2.89. The van der Waals surface area contributed by atoms with Gasteiger partial charge >= 0.3 is 0 Å². The van der Waals surface area contributed by atoms with E-state index in [4.69, 9.17) is 5.73 Å². The van der Waals surface area contributed by atoms with E-state index in [0.717, 1.165) is 16.6 Å². The van der Waals surface area contributed by atoms with Crippen LogP contribution in [0.25, 0.3) is 11.2 Å². The van der Waals surface area contributed by atoms with Gasteiger partial charge in [0.05, 0.1) is 6.33 Å². The van der Waals surface area contributed by atoms with Gasteiger partial charge in [0.1, 0.15) is 5.52 Å². The monoisotopic (exact) mass is 255 g/mol. The summed E-state index contributed by atoms with van der Waals surface area (Å²) >= 11 is 0. The van der Waals surface area contributed by atoms with Crippen molar-refractivity contribution in [3.05, 3.63) is 35.9 Å². The lowest BCUT2D eigenvalue weighted by Crippen LogP contribution is -2.06. The number of aromatic amines is 1. The number of nitrogen functional groups attached to an aromatic ring is 1. The van der Waals surface area contributed by atoms with E-state index in [1.807, 2.05) is 19.2 Å². The minimum absolute atomic E-state index is 0.202. The van der Waals surface area contributed by atoms with Gasteiger partial charge in [-0.3, -0.25) is 4.98 Å². The SMILES string of the molecule is Cc1cnccc1CNc1nc(N)nc2nc[nH]c12. The molecule has 0 unspecified atom stereocenters. The average Bonchev–Trinajstić information content (AvgIpc) is 2.85. The molecule has 0 amide bonds. The fourth-order valence-corrected chi connectivity index (χ4v) is 1.86. The Morgan fingerprint density at radius 3 is 3.11 bits per heavy atom. The fraction of sp³-hybridized carbons (Fsp3) is 0.167. The van der Waals surface area contributed by atoms with Gasteiger partial charge in [-0.25, -0.2) is 4.98 Å². The van der Waals surface area contributed by atoms with Crippen LogP contribution in [0.5, 0.6) is 0 Å². The van der Waals surface area contributed by atoms with E-state index in [0.29, 0.717) is 18.0 Å². The number of fused-ring (bicyclic) bond motifs is 1. The Bertz CT molecular complexity index is 719. The summed E-state index contributed by atoms with van der Waals surface area (Å²) in [5.74, 6) is 0.852. The van der Waals surface area contributed by atoms with Crippen molar-refractivity contribution in [3.63, 3.8) is 0 Å². The van der Waals surface area contributed by atoms with Gasteiger partial charge in [0.2, 0.25) is 5.95 Å². The van der Waals surface area contributed by atoms with Crippen LogP contribution in [0.1, 0.15) is 11.1 Å². The van der Waals surface area contributed by atoms with Crippen LogP contribution in [0.2, 0.25) is 0 Å². The van der Waals surface area contributed by atoms with E-state index >= 15 is 0 Å². The fourth-order valence-electron chi connectivity index (χ4n) is 1.86. The van der Waals surface area contributed by atoms with Crippen LogP contribution in [0, 0.1) is 6.92 Å². The lowest BCUT2D eigenvalue weighted by molar-refractivity contribution is 1.07. The van der Waals surface area contributed by atoms with Crippen LogP contribution >= 0.6 is 0 Å². The Kier molecular flexibility index (Phi) is 2.71. The Labute approximate surface area is 109 Å². The van der Waals surface area contributed by atoms with Gasteiger partial charge in [0.15, 0.2) is 11.5 Å². The maximum Gasteiger partial charge on any atom is 0.224 e. The highest BCUT2D eigenvalue weighted by Crippen LogP contribution is 2.18. The summed E-state index contributed by atoms with van der Waals surface area (Å²) in [5.41, 5.74) is 9.24. The van der Waals surface area contributed by atoms with Gasteiger partial charge in [-0.15, -0.1) is 0 Å². The third kappa shape index (κ3) is 2.17. The van der Waals surface area contributed by atoms with Crippen molar-refractivity contribution in [2.24, 2.45) is 0 Å². The Morgan fingerprint density at radius 1 is 1.37 bits per heavy atom. The first-order valence-electron chi connectivity index (χ1n) is 5.84. The molecule has 4 N–H and O–H groups in total. The number of nitrogens with zero attached hydrogens (tertiary/aromatic N) is 4. The zero-order chi connectivity index (χ0) is 13.2. The normalized spacial score (nSPS) is 10.8. The third-order valence-electron chi connectivity index (χ3n) is 2.89. The summed E-state index contributed by atoms with van der Waals surface area (Å²) in [6.45, 7) is 2.66. The van der Waals surface area contributed by atoms with Crippen LogP contribution in [0.3, 0.4) is 0 Å². The van der Waals surface area contributed by atoms with E-state index in [1.54, 1.807) is 12.5 Å². The maximum atomic E-state index is 5.66. The predicted octanol–water partition coefficient (Wildman–Crippen LogP) is 1.25. The summed E-state index contributed by atoms with van der Waals surface area (Å²) < 4.78 is 0. The van der Waals surface area contributed by atoms with E-state index in [2.05, 4.69) is 30.2 Å². The molecular formula is C12H13N7. The summed E-state index contributed by atoms with van der Waals surface area (Å²) in [7, 11) is 0. The highest BCUT2D eigenvalue weighted by Gasteiger charge is 2.08. The molecule has 0 aliphatic carbocycles. The van der Waals surface area contributed by atoms with Crippen molar-refractivity contribution in [1.29, 1.82) is 0 Å². The molecule has 96 valence electrons. The second kappa shape index (κ2) is 4.52. The van der Waals surface area contributed by atoms with Gasteiger partial charge in [-0.1, -0.05) is 0 Å². The first kappa shape index (κ1) is 11.4. The highest BCUT2D eigenvalue weighted by atomic mass is 15.1. The molecule has 0 atom stereocenters. The van der Waals surface area contributed by atoms with Crippen LogP contribution in [0.4, 0.5) is 11.8 Å². The van der Waals surface area contributed by atoms with Gasteiger partial charge in [-0.2, -0.15) is 9.97 Å². The highest BCUT2D eigenvalue weighted by molar-refractivity contribution is 5.83. The summed E-state index contributed by atoms with van der Waals surface area (Å²) in [6, 6.07) is 1.97. The van der Waals surface area contributed by atoms with Crippen LogP contribution in [0.15, 0.2) is 24.8 Å². The Morgan fingerprint density at radius 2 is 2.26 bits per heavy atom. The molecule has 0 radical (unpaired) electrons. The van der Waals surface area contributed by atoms with E-state index in [-0.39, 0.29) is 5.95 Å². The summed E-state index contributed by atoms with van der Waals surface area (Å²) in [5, 5.41) is 3.24. The number of imidazole rings is 1. The summed E-state index contributed by atoms with van der Waals surface area (Å²) in [4.78, 5) is 19.4. The molecule has 0 aromatic carbocycles. The van der Waals surface area contributed by atoms with E-state index < -0.39 is 0 Å². The minimum atomic E-state index is 0.202. The number of hydrogen-bond donors (Lipinski definition) is 3. The molecule has 0 spiro atoms. The molecule has 3 rings (SSSR count). The molecule has 0 saturated heterocycles. The van der Waals surface area contributed by atoms with Crippen molar-refractivity contribution in [2.75, 3.05) is 11.1 Å². The number of H-pyrrole nitrogens is 1. The van der Waals surface area contributed by atoms with Crippen molar-refractivity contribution in [1.82, 2.24) is 24.9 Å². The van der Waals surface area contributed by atoms with Crippen LogP contribution < -0.4 is 11.1 Å². The molecule has 7 nitrogen and oxygen atoms in total. The smallest absolute Gasteiger partial charge is 0.224 e. The standard InChI is InChI=1S/C12H13N7/c1-7-4-14-3-2-8(7)5-15-10-9-11(17-6-16-9)19-12(13)18-10/h2-4,6H,5H2,1H3,(H4,13,15,16,17,18,19). The molecule has 3 aromatic heterocycles. The average molecular weight is 255 g/mol. The number of hydrogen-bond acceptors (Lipinski definition) is 6. The number of aromatic nitrogens is 5. The lowest BCUT2D eigenvalue weighted by atomic mass is 10.1. The molecule has 0 fully saturated rings. The first-order valence-corrected chi connectivity index (χ1v) is 5.84. The quantitative estimate of drug-likeness (QED) is 0.650. The van der Waals surface area contributed by atoms with Crippen molar-refractivity contribution in [3.8, 4) is 0 Å². The van der Waals surface area contributed by atoms with Crippen molar-refractivity contribution in [2.45, 2.75) is 13.5 Å². The second-order valence-electron chi connectivity index (χ2n) is 4.19. The number of nitrogens with one attached hydrogen (secondary N) is 2. The molecule has 19 heavy (non-hydrogen) atoms. The van der Waals surface area contributed by atoms with E-state index in [1.165, 1.54) is 0 Å². The largest absolute Gasteiger partial charge is 0.368 e. The van der Waals surface area contributed by atoms with Gasteiger partial charge < -0.3 is 16.0 Å². The van der Waals surface area contributed by atoms with Crippen LogP contribution in [-0.4, -0.2) is 24.9 Å². The van der Waals surface area contributed by atoms with Crippen molar-refractivity contribution >= 4 is 22.9 Å². The van der Waals surface area contributed by atoms with Gasteiger partial charge in [0, 0.05) is 18.9 Å². The topological polar surface area (TPSA) is 105 Å².